The van der Waals surface area contributed by atoms with Gasteiger partial charge in [-0.25, -0.2) is 0 Å². The summed E-state index contributed by atoms with van der Waals surface area (Å²) in [6, 6.07) is 8.52. The third-order valence-corrected chi connectivity index (χ3v) is 3.93. The van der Waals surface area contributed by atoms with Crippen molar-refractivity contribution in [2.24, 2.45) is 5.92 Å². The molecule has 1 aromatic rings. The quantitative estimate of drug-likeness (QED) is 0.796. The van der Waals surface area contributed by atoms with Gasteiger partial charge in [0.1, 0.15) is 0 Å². The van der Waals surface area contributed by atoms with Crippen molar-refractivity contribution in [3.63, 3.8) is 0 Å². The van der Waals surface area contributed by atoms with Crippen molar-refractivity contribution in [1.82, 2.24) is 0 Å². The average molecular weight is 202 g/mol. The summed E-state index contributed by atoms with van der Waals surface area (Å²) in [6.07, 6.45) is 6.02. The Morgan fingerprint density at radius 2 is 2.07 bits per heavy atom. The van der Waals surface area contributed by atoms with E-state index in [0.29, 0.717) is 5.92 Å². The number of hydrogen-bond donors (Lipinski definition) is 1. The minimum absolute atomic E-state index is 0.0968. The van der Waals surface area contributed by atoms with Crippen molar-refractivity contribution in [3.05, 3.63) is 35.4 Å². The number of aliphatic hydroxyl groups excluding tert-OH is 1. The van der Waals surface area contributed by atoms with Crippen molar-refractivity contribution < 1.29 is 5.11 Å². The highest BCUT2D eigenvalue weighted by Crippen LogP contribution is 2.40. The third kappa shape index (κ3) is 1.81. The summed E-state index contributed by atoms with van der Waals surface area (Å²) in [4.78, 5) is 0. The fourth-order valence-corrected chi connectivity index (χ4v) is 2.66. The lowest BCUT2D eigenvalue weighted by atomic mass is 9.73. The van der Waals surface area contributed by atoms with Gasteiger partial charge in [-0.05, 0) is 36.3 Å². The van der Waals surface area contributed by atoms with Gasteiger partial charge in [-0.15, -0.1) is 0 Å². The van der Waals surface area contributed by atoms with E-state index >= 15 is 0 Å². The molecular formula is C14H18O. The molecule has 0 heterocycles. The predicted octanol–water partition coefficient (Wildman–Crippen LogP) is 2.88. The van der Waals surface area contributed by atoms with E-state index in [1.54, 1.807) is 0 Å². The molecule has 2 unspecified atom stereocenters. The van der Waals surface area contributed by atoms with Gasteiger partial charge in [0.2, 0.25) is 0 Å². The normalized spacial score (nSPS) is 25.5. The molecule has 0 bridgehead atoms. The molecule has 0 aliphatic heterocycles. The van der Waals surface area contributed by atoms with Crippen molar-refractivity contribution in [2.75, 3.05) is 0 Å². The highest BCUT2D eigenvalue weighted by atomic mass is 16.3. The summed E-state index contributed by atoms with van der Waals surface area (Å²) in [7, 11) is 0. The van der Waals surface area contributed by atoms with Crippen LogP contribution in [0.2, 0.25) is 0 Å². The Morgan fingerprint density at radius 3 is 2.80 bits per heavy atom. The first-order chi connectivity index (χ1) is 7.34. The van der Waals surface area contributed by atoms with Crippen LogP contribution in [0.25, 0.3) is 0 Å². The molecular weight excluding hydrogens is 184 g/mol. The first-order valence-corrected chi connectivity index (χ1v) is 6.10. The lowest BCUT2D eigenvalue weighted by molar-refractivity contribution is 0.119. The molecule has 2 aliphatic carbocycles. The summed E-state index contributed by atoms with van der Waals surface area (Å²) in [5.74, 6) is 1.37. The second-order valence-electron chi connectivity index (χ2n) is 5.10. The van der Waals surface area contributed by atoms with Crippen molar-refractivity contribution in [1.29, 1.82) is 0 Å². The molecule has 0 amide bonds. The summed E-state index contributed by atoms with van der Waals surface area (Å²) in [5.41, 5.74) is 2.83. The van der Waals surface area contributed by atoms with Crippen LogP contribution in [0, 0.1) is 5.92 Å². The molecule has 0 aromatic heterocycles. The second-order valence-corrected chi connectivity index (χ2v) is 5.10. The molecule has 1 nitrogen and oxygen atoms in total. The van der Waals surface area contributed by atoms with E-state index in [2.05, 4.69) is 24.3 Å². The zero-order valence-electron chi connectivity index (χ0n) is 9.02. The van der Waals surface area contributed by atoms with Crippen LogP contribution in [-0.4, -0.2) is 11.2 Å². The Kier molecular flexibility index (Phi) is 2.28. The van der Waals surface area contributed by atoms with E-state index in [0.717, 1.165) is 18.8 Å². The largest absolute Gasteiger partial charge is 0.392 e. The summed E-state index contributed by atoms with van der Waals surface area (Å²) >= 11 is 0. The molecule has 1 heteroatoms. The van der Waals surface area contributed by atoms with Crippen LogP contribution >= 0.6 is 0 Å². The predicted molar refractivity (Wildman–Crippen MR) is 60.9 cm³/mol. The number of rotatable bonds is 4. The Bertz CT molecular complexity index is 354. The molecule has 15 heavy (non-hydrogen) atoms. The van der Waals surface area contributed by atoms with Crippen molar-refractivity contribution >= 4 is 0 Å². The SMILES string of the molecule is OC(CCC1CC1)C1Cc2ccccc21. The monoisotopic (exact) mass is 202 g/mol. The smallest absolute Gasteiger partial charge is 0.0612 e. The van der Waals surface area contributed by atoms with E-state index in [1.165, 1.54) is 30.4 Å². The van der Waals surface area contributed by atoms with Crippen molar-refractivity contribution in [3.8, 4) is 0 Å². The molecule has 1 fully saturated rings. The molecule has 1 N–H and O–H groups in total. The maximum absolute atomic E-state index is 10.1. The number of fused-ring (bicyclic) bond motifs is 1. The van der Waals surface area contributed by atoms with E-state index in [4.69, 9.17) is 0 Å². The van der Waals surface area contributed by atoms with Crippen LogP contribution in [0.15, 0.2) is 24.3 Å². The van der Waals surface area contributed by atoms with E-state index in [9.17, 15) is 5.11 Å². The van der Waals surface area contributed by atoms with E-state index in [-0.39, 0.29) is 6.10 Å². The highest BCUT2D eigenvalue weighted by Gasteiger charge is 2.32. The van der Waals surface area contributed by atoms with Gasteiger partial charge >= 0.3 is 0 Å². The fraction of sp³-hybridized carbons (Fsp3) is 0.571. The van der Waals surface area contributed by atoms with E-state index < -0.39 is 0 Å². The molecule has 2 atom stereocenters. The Morgan fingerprint density at radius 1 is 1.27 bits per heavy atom. The second kappa shape index (κ2) is 3.64. The first-order valence-electron chi connectivity index (χ1n) is 6.10. The van der Waals surface area contributed by atoms with Crippen LogP contribution in [0.5, 0.6) is 0 Å². The minimum Gasteiger partial charge on any atom is -0.392 e. The summed E-state index contributed by atoms with van der Waals surface area (Å²) in [6.45, 7) is 0. The zero-order valence-corrected chi connectivity index (χ0v) is 9.02. The van der Waals surface area contributed by atoms with Crippen LogP contribution < -0.4 is 0 Å². The lowest BCUT2D eigenvalue weighted by Gasteiger charge is -2.34. The topological polar surface area (TPSA) is 20.2 Å². The van der Waals surface area contributed by atoms with Crippen LogP contribution in [-0.2, 0) is 6.42 Å². The average Bonchev–Trinajstić information content (AvgIpc) is 3.00. The summed E-state index contributed by atoms with van der Waals surface area (Å²) < 4.78 is 0. The molecule has 3 rings (SSSR count). The lowest BCUT2D eigenvalue weighted by Crippen LogP contribution is -2.28. The van der Waals surface area contributed by atoms with Crippen LogP contribution in [0.1, 0.15) is 42.7 Å². The molecule has 80 valence electrons. The molecule has 1 saturated carbocycles. The Labute approximate surface area is 91.1 Å². The maximum Gasteiger partial charge on any atom is 0.0612 e. The summed E-state index contributed by atoms with van der Waals surface area (Å²) in [5, 5.41) is 10.1. The standard InChI is InChI=1S/C14H18O/c15-14(8-7-10-5-6-10)13-9-11-3-1-2-4-12(11)13/h1-4,10,13-15H,5-9H2. The van der Waals surface area contributed by atoms with Gasteiger partial charge in [0, 0.05) is 5.92 Å². The van der Waals surface area contributed by atoms with Gasteiger partial charge in [0.15, 0.2) is 0 Å². The zero-order chi connectivity index (χ0) is 10.3. The molecule has 0 spiro atoms. The van der Waals surface area contributed by atoms with E-state index in [1.807, 2.05) is 0 Å². The van der Waals surface area contributed by atoms with Gasteiger partial charge in [-0.2, -0.15) is 0 Å². The number of hydrogen-bond acceptors (Lipinski definition) is 1. The van der Waals surface area contributed by atoms with Gasteiger partial charge in [-0.3, -0.25) is 0 Å². The highest BCUT2D eigenvalue weighted by molar-refractivity contribution is 5.40. The molecule has 0 saturated heterocycles. The number of aliphatic hydroxyl groups is 1. The Balaban J connectivity index is 1.60. The number of benzene rings is 1. The van der Waals surface area contributed by atoms with Gasteiger partial charge in [0.05, 0.1) is 6.10 Å². The van der Waals surface area contributed by atoms with Crippen molar-refractivity contribution in [2.45, 2.75) is 44.1 Å². The van der Waals surface area contributed by atoms with Gasteiger partial charge < -0.3 is 5.11 Å². The Hall–Kier alpha value is -0.820. The van der Waals surface area contributed by atoms with Crippen LogP contribution in [0.3, 0.4) is 0 Å². The van der Waals surface area contributed by atoms with Gasteiger partial charge in [0.25, 0.3) is 0 Å². The fourth-order valence-electron chi connectivity index (χ4n) is 2.66. The maximum atomic E-state index is 10.1. The third-order valence-electron chi connectivity index (χ3n) is 3.93. The van der Waals surface area contributed by atoms with Gasteiger partial charge in [-0.1, -0.05) is 37.1 Å². The molecule has 1 aromatic carbocycles. The molecule has 2 aliphatic rings. The first kappa shape index (κ1) is 9.41. The minimum atomic E-state index is -0.0968. The van der Waals surface area contributed by atoms with Crippen LogP contribution in [0.4, 0.5) is 0 Å². The molecule has 0 radical (unpaired) electrons.